The monoisotopic (exact) mass is 422 g/mol. The Morgan fingerprint density at radius 2 is 0.938 bits per heavy atom. The van der Waals surface area contributed by atoms with Crippen LogP contribution in [-0.4, -0.2) is 11.4 Å². The molecule has 2 nitrogen and oxygen atoms in total. The molecule has 8 bridgehead atoms. The molecule has 3 aliphatic rings. The van der Waals surface area contributed by atoms with Crippen molar-refractivity contribution >= 4 is 11.4 Å². The Labute approximate surface area is 192 Å². The molecular formula is C30H34N2. The van der Waals surface area contributed by atoms with E-state index in [4.69, 9.17) is 9.98 Å². The van der Waals surface area contributed by atoms with Crippen molar-refractivity contribution in [1.82, 2.24) is 0 Å². The number of aliphatic imine (C=N–C) groups is 2. The van der Waals surface area contributed by atoms with Crippen molar-refractivity contribution in [3.8, 4) is 0 Å². The zero-order valence-corrected chi connectivity index (χ0v) is 20.7. The quantitative estimate of drug-likeness (QED) is 0.420. The molecule has 0 radical (unpaired) electrons. The number of fused-ring (bicyclic) bond motifs is 8. The van der Waals surface area contributed by atoms with Crippen LogP contribution in [0.1, 0.15) is 77.6 Å². The molecule has 3 aliphatic heterocycles. The average Bonchev–Trinajstić information content (AvgIpc) is 3.23. The average molecular weight is 423 g/mol. The summed E-state index contributed by atoms with van der Waals surface area (Å²) in [5, 5.41) is 0. The van der Waals surface area contributed by atoms with Crippen LogP contribution in [0, 0.1) is 16.2 Å². The van der Waals surface area contributed by atoms with Gasteiger partial charge in [-0.15, -0.1) is 0 Å². The molecule has 2 heteroatoms. The number of nitrogens with zero attached hydrogens (tertiary/aromatic N) is 2. The van der Waals surface area contributed by atoms with Crippen LogP contribution in [0.2, 0.25) is 0 Å². The van der Waals surface area contributed by atoms with Gasteiger partial charge in [0.25, 0.3) is 0 Å². The first-order valence-corrected chi connectivity index (χ1v) is 11.7. The molecular weight excluding hydrogens is 388 g/mol. The summed E-state index contributed by atoms with van der Waals surface area (Å²) in [6.07, 6.45) is 4.70. The van der Waals surface area contributed by atoms with Gasteiger partial charge in [-0.2, -0.15) is 0 Å². The van der Waals surface area contributed by atoms with E-state index in [0.29, 0.717) is 0 Å². The highest BCUT2D eigenvalue weighted by atomic mass is 14.9. The zero-order valence-electron chi connectivity index (χ0n) is 20.7. The fourth-order valence-corrected chi connectivity index (χ4v) is 5.34. The number of benzene rings is 2. The molecule has 2 aromatic carbocycles. The maximum absolute atomic E-state index is 5.26. The van der Waals surface area contributed by atoms with Gasteiger partial charge < -0.3 is 0 Å². The van der Waals surface area contributed by atoms with E-state index in [9.17, 15) is 0 Å². The first-order valence-electron chi connectivity index (χ1n) is 11.7. The molecule has 0 fully saturated rings. The zero-order chi connectivity index (χ0) is 23.1. The van der Waals surface area contributed by atoms with E-state index in [-0.39, 0.29) is 21.7 Å². The summed E-state index contributed by atoms with van der Waals surface area (Å²) < 4.78 is 0. The Morgan fingerprint density at radius 3 is 1.34 bits per heavy atom. The second kappa shape index (κ2) is 6.41. The Hall–Kier alpha value is -2.74. The van der Waals surface area contributed by atoms with Crippen LogP contribution in [0.25, 0.3) is 0 Å². The van der Waals surface area contributed by atoms with E-state index < -0.39 is 0 Å². The van der Waals surface area contributed by atoms with Gasteiger partial charge in [0.1, 0.15) is 0 Å². The van der Waals surface area contributed by atoms with Gasteiger partial charge in [-0.25, -0.2) is 0 Å². The Bertz CT molecular complexity index is 1160. The molecule has 32 heavy (non-hydrogen) atoms. The van der Waals surface area contributed by atoms with Crippen molar-refractivity contribution in [2.24, 2.45) is 26.2 Å². The largest absolute Gasteiger partial charge is 0.256 e. The van der Waals surface area contributed by atoms with Gasteiger partial charge in [0, 0.05) is 33.1 Å². The highest BCUT2D eigenvalue weighted by Crippen LogP contribution is 2.48. The molecule has 0 atom stereocenters. The van der Waals surface area contributed by atoms with Gasteiger partial charge in [-0.1, -0.05) is 90.1 Å². The van der Waals surface area contributed by atoms with Crippen molar-refractivity contribution in [3.63, 3.8) is 0 Å². The van der Waals surface area contributed by atoms with Gasteiger partial charge in [0.2, 0.25) is 0 Å². The number of allylic oxidation sites excluding steroid dienone is 2. The van der Waals surface area contributed by atoms with E-state index in [1.165, 1.54) is 22.3 Å². The SMILES string of the molecule is CC1(C)C=C2N=C1c1cccc(c1)C(C)(C)c1cccc(c1)C1=NC(=CC1(C)C)C2(C)C. The molecule has 0 unspecified atom stereocenters. The van der Waals surface area contributed by atoms with E-state index >= 15 is 0 Å². The fraction of sp³-hybridized carbons (Fsp3) is 0.400. The van der Waals surface area contributed by atoms with Crippen molar-refractivity contribution in [2.45, 2.75) is 60.8 Å². The lowest BCUT2D eigenvalue weighted by Gasteiger charge is -2.29. The highest BCUT2D eigenvalue weighted by Gasteiger charge is 2.42. The van der Waals surface area contributed by atoms with Gasteiger partial charge in [-0.3, -0.25) is 9.98 Å². The van der Waals surface area contributed by atoms with Crippen LogP contribution in [0.15, 0.2) is 82.1 Å². The minimum absolute atomic E-state index is 0.130. The van der Waals surface area contributed by atoms with Gasteiger partial charge in [0.15, 0.2) is 0 Å². The maximum atomic E-state index is 5.26. The normalized spacial score (nSPS) is 23.5. The molecule has 3 heterocycles. The molecule has 0 saturated heterocycles. The van der Waals surface area contributed by atoms with Crippen molar-refractivity contribution in [1.29, 1.82) is 0 Å². The third kappa shape index (κ3) is 2.99. The predicted molar refractivity (Wildman–Crippen MR) is 136 cm³/mol. The summed E-state index contributed by atoms with van der Waals surface area (Å²) in [6, 6.07) is 18.0. The Balaban J connectivity index is 1.84. The van der Waals surface area contributed by atoms with Crippen LogP contribution in [-0.2, 0) is 5.41 Å². The minimum atomic E-state index is -0.267. The maximum Gasteiger partial charge on any atom is 0.0574 e. The van der Waals surface area contributed by atoms with E-state index in [2.05, 4.69) is 116 Å². The van der Waals surface area contributed by atoms with Crippen LogP contribution in [0.4, 0.5) is 0 Å². The van der Waals surface area contributed by atoms with Crippen LogP contribution >= 0.6 is 0 Å². The first-order chi connectivity index (χ1) is 14.8. The lowest BCUT2D eigenvalue weighted by atomic mass is 9.74. The van der Waals surface area contributed by atoms with E-state index in [1.807, 2.05) is 0 Å². The van der Waals surface area contributed by atoms with Gasteiger partial charge in [0.05, 0.1) is 11.4 Å². The first kappa shape index (κ1) is 21.1. The molecule has 0 aromatic heterocycles. The third-order valence-corrected chi connectivity index (χ3v) is 7.68. The molecule has 0 N–H and O–H groups in total. The topological polar surface area (TPSA) is 24.7 Å². The summed E-state index contributed by atoms with van der Waals surface area (Å²) in [6.45, 7) is 18.2. The van der Waals surface area contributed by atoms with Crippen molar-refractivity contribution in [3.05, 3.63) is 94.3 Å². The lowest BCUT2D eigenvalue weighted by molar-refractivity contribution is 0.520. The lowest BCUT2D eigenvalue weighted by Crippen LogP contribution is -2.24. The third-order valence-electron chi connectivity index (χ3n) is 7.68. The Morgan fingerprint density at radius 1 is 0.531 bits per heavy atom. The molecule has 2 aromatic rings. The van der Waals surface area contributed by atoms with Crippen molar-refractivity contribution < 1.29 is 0 Å². The predicted octanol–water partition coefficient (Wildman–Crippen LogP) is 7.48. The molecule has 5 rings (SSSR count). The van der Waals surface area contributed by atoms with Crippen LogP contribution in [0.3, 0.4) is 0 Å². The number of hydrogen-bond acceptors (Lipinski definition) is 2. The van der Waals surface area contributed by atoms with Gasteiger partial charge in [-0.05, 0) is 48.2 Å². The van der Waals surface area contributed by atoms with Crippen LogP contribution < -0.4 is 0 Å². The summed E-state index contributed by atoms with van der Waals surface area (Å²) in [5.74, 6) is 0. The molecule has 0 saturated carbocycles. The number of hydrogen-bond donors (Lipinski definition) is 0. The Kier molecular flexibility index (Phi) is 4.23. The molecule has 0 spiro atoms. The standard InChI is InChI=1S/C30H34N2/c1-27(2)17-23-30(7,8)24-18-28(3,4)26(32-24)20-12-10-14-22(16-20)29(5,6)21-13-9-11-19(15-21)25(27)31-23/h9-18H,1-8H3. The summed E-state index contributed by atoms with van der Waals surface area (Å²) in [4.78, 5) is 10.5. The van der Waals surface area contributed by atoms with E-state index in [0.717, 1.165) is 22.8 Å². The molecule has 164 valence electrons. The summed E-state index contributed by atoms with van der Waals surface area (Å²) in [5.41, 5.74) is 8.89. The summed E-state index contributed by atoms with van der Waals surface area (Å²) >= 11 is 0. The summed E-state index contributed by atoms with van der Waals surface area (Å²) in [7, 11) is 0. The minimum Gasteiger partial charge on any atom is -0.256 e. The van der Waals surface area contributed by atoms with E-state index in [1.54, 1.807) is 0 Å². The second-order valence-electron chi connectivity index (χ2n) is 11.8. The smallest absolute Gasteiger partial charge is 0.0574 e. The molecule has 0 aliphatic carbocycles. The van der Waals surface area contributed by atoms with Crippen LogP contribution in [0.5, 0.6) is 0 Å². The molecule has 0 amide bonds. The number of rotatable bonds is 0. The highest BCUT2D eigenvalue weighted by molar-refractivity contribution is 6.09. The van der Waals surface area contributed by atoms with Gasteiger partial charge >= 0.3 is 0 Å². The van der Waals surface area contributed by atoms with Crippen molar-refractivity contribution in [2.75, 3.05) is 0 Å². The fourth-order valence-electron chi connectivity index (χ4n) is 5.34. The second-order valence-corrected chi connectivity index (χ2v) is 11.8.